The largest absolute Gasteiger partial charge is 0.494 e. The highest BCUT2D eigenvalue weighted by Crippen LogP contribution is 2.36. The van der Waals surface area contributed by atoms with Crippen LogP contribution in [0.5, 0.6) is 5.75 Å². The molecule has 5 nitrogen and oxygen atoms in total. The van der Waals surface area contributed by atoms with E-state index < -0.39 is 0 Å². The lowest BCUT2D eigenvalue weighted by Crippen LogP contribution is -2.25. The van der Waals surface area contributed by atoms with E-state index in [1.54, 1.807) is 0 Å². The first-order valence-electron chi connectivity index (χ1n) is 11.4. The lowest BCUT2D eigenvalue weighted by Gasteiger charge is -2.18. The van der Waals surface area contributed by atoms with E-state index >= 15 is 0 Å². The fourth-order valence-corrected chi connectivity index (χ4v) is 5.00. The molecule has 1 aliphatic rings. The minimum absolute atomic E-state index is 0.0672. The second-order valence-corrected chi connectivity index (χ2v) is 9.19. The minimum Gasteiger partial charge on any atom is -0.494 e. The van der Waals surface area contributed by atoms with Crippen LogP contribution in [0.4, 0.5) is 5.69 Å². The molecule has 0 bridgehead atoms. The third kappa shape index (κ3) is 4.67. The molecule has 0 spiro atoms. The number of carbonyl (C=O) groups excluding carboxylic acids is 1. The number of para-hydroxylation sites is 4. The Morgan fingerprint density at radius 2 is 1.70 bits per heavy atom. The van der Waals surface area contributed by atoms with Crippen LogP contribution in [-0.2, 0) is 11.3 Å². The van der Waals surface area contributed by atoms with Crippen molar-refractivity contribution in [2.45, 2.75) is 31.7 Å². The van der Waals surface area contributed by atoms with Crippen molar-refractivity contribution in [3.8, 4) is 5.75 Å². The Bertz CT molecular complexity index is 1250. The maximum Gasteiger partial charge on any atom is 0.227 e. The SMILES string of the molecule is O=C1CC(c2nc3ccccc3n2CCCCOc2ccccc2)CN1c1ccccc1Br. The summed E-state index contributed by atoms with van der Waals surface area (Å²) in [6.07, 6.45) is 2.41. The summed E-state index contributed by atoms with van der Waals surface area (Å²) in [7, 11) is 0. The van der Waals surface area contributed by atoms with Crippen molar-refractivity contribution in [3.05, 3.63) is 89.2 Å². The second kappa shape index (κ2) is 9.79. The molecule has 3 aromatic carbocycles. The molecule has 5 rings (SSSR count). The van der Waals surface area contributed by atoms with Crippen LogP contribution in [0.1, 0.15) is 31.0 Å². The van der Waals surface area contributed by atoms with Gasteiger partial charge in [-0.15, -0.1) is 0 Å². The molecule has 1 amide bonds. The highest BCUT2D eigenvalue weighted by molar-refractivity contribution is 9.10. The topological polar surface area (TPSA) is 47.4 Å². The van der Waals surface area contributed by atoms with Gasteiger partial charge in [-0.2, -0.15) is 0 Å². The molecule has 0 N–H and O–H groups in total. The van der Waals surface area contributed by atoms with Gasteiger partial charge in [-0.05, 0) is 65.2 Å². The van der Waals surface area contributed by atoms with Gasteiger partial charge in [-0.25, -0.2) is 4.98 Å². The second-order valence-electron chi connectivity index (χ2n) is 8.34. The molecule has 1 aromatic heterocycles. The Morgan fingerprint density at radius 3 is 2.55 bits per heavy atom. The number of aryl methyl sites for hydroxylation is 1. The molecule has 1 aliphatic heterocycles. The van der Waals surface area contributed by atoms with Crippen molar-refractivity contribution in [2.75, 3.05) is 18.1 Å². The summed E-state index contributed by atoms with van der Waals surface area (Å²) in [6.45, 7) is 2.18. The summed E-state index contributed by atoms with van der Waals surface area (Å²) in [6, 6.07) is 26.1. The van der Waals surface area contributed by atoms with Crippen LogP contribution < -0.4 is 9.64 Å². The van der Waals surface area contributed by atoms with Crippen LogP contribution in [0, 0.1) is 0 Å². The van der Waals surface area contributed by atoms with Crippen LogP contribution in [-0.4, -0.2) is 28.6 Å². The van der Waals surface area contributed by atoms with Gasteiger partial charge >= 0.3 is 0 Å². The highest BCUT2D eigenvalue weighted by atomic mass is 79.9. The third-order valence-electron chi connectivity index (χ3n) is 6.11. The van der Waals surface area contributed by atoms with Crippen LogP contribution in [0.25, 0.3) is 11.0 Å². The number of ether oxygens (including phenoxy) is 1. The first-order valence-corrected chi connectivity index (χ1v) is 12.2. The third-order valence-corrected chi connectivity index (χ3v) is 6.78. The number of amides is 1. The maximum atomic E-state index is 12.9. The predicted octanol–water partition coefficient (Wildman–Crippen LogP) is 6.18. The number of benzene rings is 3. The molecule has 1 atom stereocenters. The Morgan fingerprint density at radius 1 is 0.939 bits per heavy atom. The van der Waals surface area contributed by atoms with E-state index in [0.29, 0.717) is 19.6 Å². The molecular formula is C27H26BrN3O2. The number of hydrogen-bond donors (Lipinski definition) is 0. The molecule has 0 radical (unpaired) electrons. The summed E-state index contributed by atoms with van der Waals surface area (Å²) >= 11 is 3.59. The molecule has 6 heteroatoms. The highest BCUT2D eigenvalue weighted by Gasteiger charge is 2.35. The summed E-state index contributed by atoms with van der Waals surface area (Å²) in [5, 5.41) is 0. The van der Waals surface area contributed by atoms with Gasteiger partial charge in [0, 0.05) is 29.9 Å². The summed E-state index contributed by atoms with van der Waals surface area (Å²) < 4.78 is 9.09. The van der Waals surface area contributed by atoms with Crippen molar-refractivity contribution < 1.29 is 9.53 Å². The van der Waals surface area contributed by atoms with Gasteiger partial charge in [0.05, 0.1) is 23.3 Å². The normalized spacial score (nSPS) is 16.0. The number of halogens is 1. The van der Waals surface area contributed by atoms with E-state index in [2.05, 4.69) is 38.7 Å². The maximum absolute atomic E-state index is 12.9. The van der Waals surface area contributed by atoms with E-state index in [1.165, 1.54) is 0 Å². The standard InChI is InChI=1S/C27H26BrN3O2/c28-22-12-4-6-14-24(22)31-19-20(18-26(31)32)27-29-23-13-5-7-15-25(23)30(27)16-8-9-17-33-21-10-2-1-3-11-21/h1-7,10-15,20H,8-9,16-19H2. The van der Waals surface area contributed by atoms with E-state index in [4.69, 9.17) is 9.72 Å². The molecule has 4 aromatic rings. The molecular weight excluding hydrogens is 478 g/mol. The lowest BCUT2D eigenvalue weighted by molar-refractivity contribution is -0.117. The zero-order chi connectivity index (χ0) is 22.6. The van der Waals surface area contributed by atoms with Crippen molar-refractivity contribution in [1.29, 1.82) is 0 Å². The molecule has 0 saturated carbocycles. The summed E-state index contributed by atoms with van der Waals surface area (Å²) in [5.74, 6) is 2.12. The molecule has 1 saturated heterocycles. The Labute approximate surface area is 202 Å². The average molecular weight is 504 g/mol. The Kier molecular flexibility index (Phi) is 6.44. The van der Waals surface area contributed by atoms with E-state index in [9.17, 15) is 4.79 Å². The zero-order valence-electron chi connectivity index (χ0n) is 18.4. The van der Waals surface area contributed by atoms with Gasteiger partial charge in [0.25, 0.3) is 0 Å². The van der Waals surface area contributed by atoms with Gasteiger partial charge in [0.15, 0.2) is 0 Å². The van der Waals surface area contributed by atoms with Gasteiger partial charge in [0.1, 0.15) is 11.6 Å². The number of anilines is 1. The fourth-order valence-electron chi connectivity index (χ4n) is 4.50. The van der Waals surface area contributed by atoms with Crippen LogP contribution in [0.2, 0.25) is 0 Å². The van der Waals surface area contributed by atoms with Crippen molar-refractivity contribution >= 4 is 38.6 Å². The van der Waals surface area contributed by atoms with Gasteiger partial charge in [0.2, 0.25) is 5.91 Å². The molecule has 33 heavy (non-hydrogen) atoms. The van der Waals surface area contributed by atoms with Crippen LogP contribution in [0.15, 0.2) is 83.3 Å². The van der Waals surface area contributed by atoms with Gasteiger partial charge in [-0.3, -0.25) is 4.79 Å². The smallest absolute Gasteiger partial charge is 0.227 e. The number of aromatic nitrogens is 2. The minimum atomic E-state index is 0.0672. The number of rotatable bonds is 8. The van der Waals surface area contributed by atoms with Crippen molar-refractivity contribution in [3.63, 3.8) is 0 Å². The monoisotopic (exact) mass is 503 g/mol. The zero-order valence-corrected chi connectivity index (χ0v) is 19.9. The van der Waals surface area contributed by atoms with Gasteiger partial charge in [-0.1, -0.05) is 42.5 Å². The Hall–Kier alpha value is -3.12. The number of fused-ring (bicyclic) bond motifs is 1. The number of nitrogens with zero attached hydrogens (tertiary/aromatic N) is 3. The molecule has 0 aliphatic carbocycles. The quantitative estimate of drug-likeness (QED) is 0.269. The van der Waals surface area contributed by atoms with Crippen LogP contribution >= 0.6 is 15.9 Å². The van der Waals surface area contributed by atoms with Crippen molar-refractivity contribution in [2.24, 2.45) is 0 Å². The molecule has 168 valence electrons. The number of carbonyl (C=O) groups is 1. The number of hydrogen-bond acceptors (Lipinski definition) is 3. The van der Waals surface area contributed by atoms with Crippen LogP contribution in [0.3, 0.4) is 0 Å². The lowest BCUT2D eigenvalue weighted by atomic mass is 10.1. The van der Waals surface area contributed by atoms with E-state index in [0.717, 1.165) is 52.2 Å². The fraction of sp³-hybridized carbons (Fsp3) is 0.259. The Balaban J connectivity index is 1.32. The summed E-state index contributed by atoms with van der Waals surface area (Å²) in [4.78, 5) is 19.8. The number of imidazole rings is 1. The van der Waals surface area contributed by atoms with E-state index in [1.807, 2.05) is 65.6 Å². The molecule has 2 heterocycles. The molecule has 1 unspecified atom stereocenters. The first kappa shape index (κ1) is 21.7. The van der Waals surface area contributed by atoms with Crippen molar-refractivity contribution in [1.82, 2.24) is 9.55 Å². The molecule has 1 fully saturated rings. The summed E-state index contributed by atoms with van der Waals surface area (Å²) in [5.41, 5.74) is 3.04. The van der Waals surface area contributed by atoms with Gasteiger partial charge < -0.3 is 14.2 Å². The first-order chi connectivity index (χ1) is 16.2. The average Bonchev–Trinajstić information content (AvgIpc) is 3.40. The number of unbranched alkanes of at least 4 members (excludes halogenated alkanes) is 1. The predicted molar refractivity (Wildman–Crippen MR) is 135 cm³/mol. The van der Waals surface area contributed by atoms with E-state index in [-0.39, 0.29) is 11.8 Å².